The highest BCUT2D eigenvalue weighted by Gasteiger charge is 2.09. The molecule has 6 heteroatoms. The minimum atomic E-state index is -0.0988. The Bertz CT molecular complexity index is 536. The summed E-state index contributed by atoms with van der Waals surface area (Å²) in [5.74, 6) is -0.0988. The number of nitrogens with one attached hydrogen (secondary N) is 1. The van der Waals surface area contributed by atoms with Crippen molar-refractivity contribution >= 4 is 11.6 Å². The molecule has 2 heterocycles. The molecule has 2 rings (SSSR count). The zero-order valence-electron chi connectivity index (χ0n) is 11.1. The first-order valence-electron chi connectivity index (χ1n) is 6.04. The largest absolute Gasteiger partial charge is 0.383 e. The van der Waals surface area contributed by atoms with Crippen LogP contribution >= 0.6 is 0 Å². The molecule has 0 aliphatic carbocycles. The molecule has 0 unspecified atom stereocenters. The summed E-state index contributed by atoms with van der Waals surface area (Å²) < 4.78 is 1.99. The van der Waals surface area contributed by atoms with Gasteiger partial charge in [-0.05, 0) is 12.1 Å². The average Bonchev–Trinajstić information content (AvgIpc) is 2.91. The molecule has 1 amide bonds. The van der Waals surface area contributed by atoms with Crippen molar-refractivity contribution in [1.82, 2.24) is 19.4 Å². The van der Waals surface area contributed by atoms with Crippen molar-refractivity contribution < 1.29 is 4.79 Å². The van der Waals surface area contributed by atoms with Crippen LogP contribution in [0.5, 0.6) is 0 Å². The highest BCUT2D eigenvalue weighted by molar-refractivity contribution is 5.92. The van der Waals surface area contributed by atoms with E-state index in [0.717, 1.165) is 18.8 Å². The lowest BCUT2D eigenvalue weighted by atomic mass is 10.3. The van der Waals surface area contributed by atoms with E-state index in [1.54, 1.807) is 38.9 Å². The van der Waals surface area contributed by atoms with Gasteiger partial charge in [-0.3, -0.25) is 9.78 Å². The molecule has 0 atom stereocenters. The van der Waals surface area contributed by atoms with Gasteiger partial charge in [0.2, 0.25) is 0 Å². The number of hydrogen-bond acceptors (Lipinski definition) is 4. The van der Waals surface area contributed by atoms with Gasteiger partial charge in [0.15, 0.2) is 0 Å². The van der Waals surface area contributed by atoms with Crippen LogP contribution in [0.15, 0.2) is 37.1 Å². The Hall–Kier alpha value is -2.37. The average molecular weight is 259 g/mol. The molecule has 2 aromatic heterocycles. The Kier molecular flexibility index (Phi) is 4.12. The Morgan fingerprint density at radius 2 is 2.26 bits per heavy atom. The van der Waals surface area contributed by atoms with Crippen LogP contribution in [0.3, 0.4) is 0 Å². The predicted octanol–water partition coefficient (Wildman–Crippen LogP) is 1.09. The monoisotopic (exact) mass is 259 g/mol. The van der Waals surface area contributed by atoms with E-state index in [-0.39, 0.29) is 5.91 Å². The van der Waals surface area contributed by atoms with Gasteiger partial charge in [-0.2, -0.15) is 0 Å². The summed E-state index contributed by atoms with van der Waals surface area (Å²) in [5.41, 5.74) is 1.33. The van der Waals surface area contributed by atoms with Crippen LogP contribution in [-0.4, -0.2) is 46.0 Å². The van der Waals surface area contributed by atoms with Gasteiger partial charge in [0.25, 0.3) is 5.91 Å². The topological polar surface area (TPSA) is 63.1 Å². The summed E-state index contributed by atoms with van der Waals surface area (Å²) in [6, 6.07) is 3.61. The number of pyridine rings is 1. The zero-order chi connectivity index (χ0) is 13.7. The smallest absolute Gasteiger partial charge is 0.272 e. The number of carbonyl (C=O) groups is 1. The first-order valence-corrected chi connectivity index (χ1v) is 6.04. The van der Waals surface area contributed by atoms with Crippen LogP contribution < -0.4 is 5.32 Å². The lowest BCUT2D eigenvalue weighted by Crippen LogP contribution is -2.22. The molecule has 0 saturated heterocycles. The molecule has 0 radical (unpaired) electrons. The van der Waals surface area contributed by atoms with Crippen molar-refractivity contribution in [2.45, 2.75) is 6.54 Å². The van der Waals surface area contributed by atoms with E-state index in [1.807, 2.05) is 16.8 Å². The molecule has 6 nitrogen and oxygen atoms in total. The lowest BCUT2D eigenvalue weighted by molar-refractivity contribution is 0.0822. The molecule has 2 aromatic rings. The van der Waals surface area contributed by atoms with E-state index >= 15 is 0 Å². The van der Waals surface area contributed by atoms with Crippen LogP contribution in [0.2, 0.25) is 0 Å². The van der Waals surface area contributed by atoms with Crippen LogP contribution in [-0.2, 0) is 6.54 Å². The molecule has 100 valence electrons. The quantitative estimate of drug-likeness (QED) is 0.873. The maximum atomic E-state index is 11.8. The number of carbonyl (C=O) groups excluding carboxylic acids is 1. The highest BCUT2D eigenvalue weighted by atomic mass is 16.2. The Labute approximate surface area is 112 Å². The van der Waals surface area contributed by atoms with Gasteiger partial charge in [-0.1, -0.05) is 0 Å². The Morgan fingerprint density at radius 3 is 2.95 bits per heavy atom. The number of hydrogen-bond donors (Lipinski definition) is 1. The van der Waals surface area contributed by atoms with Gasteiger partial charge in [-0.25, -0.2) is 4.98 Å². The van der Waals surface area contributed by atoms with Crippen LogP contribution in [0.25, 0.3) is 0 Å². The van der Waals surface area contributed by atoms with Crippen LogP contribution in [0, 0.1) is 0 Å². The molecule has 19 heavy (non-hydrogen) atoms. The van der Waals surface area contributed by atoms with Crippen LogP contribution in [0.4, 0.5) is 5.69 Å². The molecule has 0 saturated carbocycles. The third-order valence-corrected chi connectivity index (χ3v) is 2.64. The van der Waals surface area contributed by atoms with Gasteiger partial charge >= 0.3 is 0 Å². The Balaban J connectivity index is 1.93. The molecule has 0 aromatic carbocycles. The fraction of sp³-hybridized carbons (Fsp3) is 0.308. The summed E-state index contributed by atoms with van der Waals surface area (Å²) in [7, 11) is 3.42. The van der Waals surface area contributed by atoms with Crippen molar-refractivity contribution in [2.75, 3.05) is 26.0 Å². The summed E-state index contributed by atoms with van der Waals surface area (Å²) in [5, 5.41) is 3.26. The zero-order valence-corrected chi connectivity index (χ0v) is 11.1. The third-order valence-electron chi connectivity index (χ3n) is 2.64. The molecule has 1 N–H and O–H groups in total. The van der Waals surface area contributed by atoms with Gasteiger partial charge < -0.3 is 14.8 Å². The number of rotatable bonds is 5. The van der Waals surface area contributed by atoms with E-state index in [0.29, 0.717) is 5.69 Å². The molecule has 0 spiro atoms. The second kappa shape index (κ2) is 5.99. The standard InChI is InChI=1S/C13H17N5O/c1-17(2)13(19)12-9-11(3-4-16-12)15-6-8-18-7-5-14-10-18/h3-5,7,9-10H,6,8H2,1-2H3,(H,15,16). The predicted molar refractivity (Wildman–Crippen MR) is 73.0 cm³/mol. The van der Waals surface area contributed by atoms with Gasteiger partial charge in [0.1, 0.15) is 5.69 Å². The van der Waals surface area contributed by atoms with E-state index in [2.05, 4.69) is 15.3 Å². The lowest BCUT2D eigenvalue weighted by Gasteiger charge is -2.11. The molecule has 0 fully saturated rings. The minimum absolute atomic E-state index is 0.0988. The van der Waals surface area contributed by atoms with Crippen molar-refractivity contribution in [3.8, 4) is 0 Å². The fourth-order valence-corrected chi connectivity index (χ4v) is 1.63. The normalized spacial score (nSPS) is 10.2. The summed E-state index contributed by atoms with van der Waals surface area (Å²) >= 11 is 0. The van der Waals surface area contributed by atoms with Crippen molar-refractivity contribution in [2.24, 2.45) is 0 Å². The molecule has 0 bridgehead atoms. The van der Waals surface area contributed by atoms with Crippen LogP contribution in [0.1, 0.15) is 10.5 Å². The second-order valence-electron chi connectivity index (χ2n) is 4.36. The number of aromatic nitrogens is 3. The highest BCUT2D eigenvalue weighted by Crippen LogP contribution is 2.09. The Morgan fingerprint density at radius 1 is 1.42 bits per heavy atom. The number of imidazole rings is 1. The van der Waals surface area contributed by atoms with E-state index in [4.69, 9.17) is 0 Å². The summed E-state index contributed by atoms with van der Waals surface area (Å²) in [4.78, 5) is 21.3. The van der Waals surface area contributed by atoms with Crippen molar-refractivity contribution in [1.29, 1.82) is 0 Å². The van der Waals surface area contributed by atoms with Gasteiger partial charge in [-0.15, -0.1) is 0 Å². The van der Waals surface area contributed by atoms with Gasteiger partial charge in [0, 0.05) is 51.5 Å². The van der Waals surface area contributed by atoms with Crippen molar-refractivity contribution in [3.63, 3.8) is 0 Å². The summed E-state index contributed by atoms with van der Waals surface area (Å²) in [6.45, 7) is 1.58. The first kappa shape index (κ1) is 13.1. The third kappa shape index (κ3) is 3.54. The van der Waals surface area contributed by atoms with Gasteiger partial charge in [0.05, 0.1) is 6.33 Å². The SMILES string of the molecule is CN(C)C(=O)c1cc(NCCn2ccnc2)ccn1. The number of nitrogens with zero attached hydrogens (tertiary/aromatic N) is 4. The van der Waals surface area contributed by atoms with Crippen molar-refractivity contribution in [3.05, 3.63) is 42.7 Å². The molecular formula is C13H17N5O. The molecule has 0 aliphatic rings. The second-order valence-corrected chi connectivity index (χ2v) is 4.36. The maximum absolute atomic E-state index is 11.8. The maximum Gasteiger partial charge on any atom is 0.272 e. The molecular weight excluding hydrogens is 242 g/mol. The minimum Gasteiger partial charge on any atom is -0.383 e. The van der Waals surface area contributed by atoms with E-state index < -0.39 is 0 Å². The molecule has 0 aliphatic heterocycles. The fourth-order valence-electron chi connectivity index (χ4n) is 1.63. The van der Waals surface area contributed by atoms with E-state index in [9.17, 15) is 4.79 Å². The number of anilines is 1. The summed E-state index contributed by atoms with van der Waals surface area (Å²) in [6.07, 6.45) is 7.07. The number of amides is 1. The first-order chi connectivity index (χ1) is 9.16. The van der Waals surface area contributed by atoms with E-state index in [1.165, 1.54) is 4.90 Å².